The van der Waals surface area contributed by atoms with Gasteiger partial charge in [-0.25, -0.2) is 4.98 Å². The second-order valence-electron chi connectivity index (χ2n) is 1.76. The summed E-state index contributed by atoms with van der Waals surface area (Å²) in [4.78, 5) is 4.07. The van der Waals surface area contributed by atoms with E-state index in [9.17, 15) is 0 Å². The van der Waals surface area contributed by atoms with Gasteiger partial charge in [0.05, 0.1) is 0 Å². The quantitative estimate of drug-likeness (QED) is 0.550. The van der Waals surface area contributed by atoms with E-state index in [-0.39, 0.29) is 0 Å². The lowest BCUT2D eigenvalue weighted by atomic mass is 10.3. The second-order valence-corrected chi connectivity index (χ2v) is 2.56. The van der Waals surface area contributed by atoms with Gasteiger partial charge < -0.3 is 0 Å². The van der Waals surface area contributed by atoms with E-state index >= 15 is 0 Å². The minimum Gasteiger partial charge on any atom is -0.249 e. The maximum Gasteiger partial charge on any atom is 0.104 e. The van der Waals surface area contributed by atoms with E-state index in [2.05, 4.69) is 11.1 Å². The molecular formula is C7H8NS. The highest BCUT2D eigenvalue weighted by Gasteiger charge is 1.89. The Bertz CT molecular complexity index is 198. The zero-order chi connectivity index (χ0) is 6.69. The summed E-state index contributed by atoms with van der Waals surface area (Å²) in [6.45, 7) is 2.02. The van der Waals surface area contributed by atoms with Crippen molar-refractivity contribution < 1.29 is 0 Å². The van der Waals surface area contributed by atoms with Crippen molar-refractivity contribution in [1.29, 1.82) is 0 Å². The Morgan fingerprint density at radius 1 is 1.67 bits per heavy atom. The SMILES string of the molecule is CSc1[c]c(C)ccn1. The summed E-state index contributed by atoms with van der Waals surface area (Å²) in [5, 5.41) is 0.968. The lowest BCUT2D eigenvalue weighted by Crippen LogP contribution is -1.78. The maximum absolute atomic E-state index is 4.07. The first kappa shape index (κ1) is 6.62. The summed E-state index contributed by atoms with van der Waals surface area (Å²) in [5.74, 6) is 0. The average Bonchev–Trinajstić information content (AvgIpc) is 1.88. The molecule has 0 bridgehead atoms. The van der Waals surface area contributed by atoms with Crippen LogP contribution in [0.3, 0.4) is 0 Å². The van der Waals surface area contributed by atoms with Crippen LogP contribution in [0.15, 0.2) is 17.3 Å². The van der Waals surface area contributed by atoms with E-state index in [1.807, 2.05) is 19.2 Å². The molecule has 2 heteroatoms. The molecule has 0 aliphatic heterocycles. The fraction of sp³-hybridized carbons (Fsp3) is 0.286. The zero-order valence-corrected chi connectivity index (χ0v) is 6.33. The van der Waals surface area contributed by atoms with E-state index in [1.54, 1.807) is 18.0 Å². The smallest absolute Gasteiger partial charge is 0.104 e. The van der Waals surface area contributed by atoms with Crippen LogP contribution in [0.25, 0.3) is 0 Å². The molecule has 9 heavy (non-hydrogen) atoms. The molecule has 1 aromatic heterocycles. The number of nitrogens with zero attached hydrogens (tertiary/aromatic N) is 1. The number of thioether (sulfide) groups is 1. The van der Waals surface area contributed by atoms with Crippen molar-refractivity contribution >= 4 is 11.8 Å². The molecule has 0 unspecified atom stereocenters. The van der Waals surface area contributed by atoms with Crippen molar-refractivity contribution in [3.63, 3.8) is 0 Å². The van der Waals surface area contributed by atoms with Crippen LogP contribution in [-0.4, -0.2) is 11.2 Å². The summed E-state index contributed by atoms with van der Waals surface area (Å²) >= 11 is 1.62. The molecule has 0 aliphatic carbocycles. The van der Waals surface area contributed by atoms with Crippen molar-refractivity contribution in [3.05, 3.63) is 23.9 Å². The van der Waals surface area contributed by atoms with Crippen molar-refractivity contribution in [3.8, 4) is 0 Å². The molecule has 1 nitrogen and oxygen atoms in total. The van der Waals surface area contributed by atoms with E-state index < -0.39 is 0 Å². The third-order valence-corrected chi connectivity index (χ3v) is 1.61. The van der Waals surface area contributed by atoms with Gasteiger partial charge in [-0.2, -0.15) is 0 Å². The highest BCUT2D eigenvalue weighted by Crippen LogP contribution is 2.09. The van der Waals surface area contributed by atoms with Gasteiger partial charge >= 0.3 is 0 Å². The van der Waals surface area contributed by atoms with Crippen LogP contribution in [-0.2, 0) is 0 Å². The van der Waals surface area contributed by atoms with Gasteiger partial charge in [0.2, 0.25) is 0 Å². The first-order valence-corrected chi connectivity index (χ1v) is 3.94. The van der Waals surface area contributed by atoms with E-state index in [1.165, 1.54) is 0 Å². The number of hydrogen-bond donors (Lipinski definition) is 0. The summed E-state index contributed by atoms with van der Waals surface area (Å²) in [7, 11) is 0. The molecule has 0 fully saturated rings. The van der Waals surface area contributed by atoms with Crippen LogP contribution in [0.5, 0.6) is 0 Å². The second kappa shape index (κ2) is 2.87. The Morgan fingerprint density at radius 3 is 2.89 bits per heavy atom. The zero-order valence-electron chi connectivity index (χ0n) is 5.51. The third kappa shape index (κ3) is 1.72. The summed E-state index contributed by atoms with van der Waals surface area (Å²) in [5.41, 5.74) is 1.15. The van der Waals surface area contributed by atoms with Crippen LogP contribution in [0.2, 0.25) is 0 Å². The molecule has 0 spiro atoms. The highest BCUT2D eigenvalue weighted by molar-refractivity contribution is 7.98. The first-order valence-electron chi connectivity index (χ1n) is 2.72. The summed E-state index contributed by atoms with van der Waals surface area (Å²) in [6, 6.07) is 5.05. The van der Waals surface area contributed by atoms with Gasteiger partial charge in [-0.1, -0.05) is 0 Å². The van der Waals surface area contributed by atoms with Gasteiger partial charge in [-0.15, -0.1) is 11.8 Å². The van der Waals surface area contributed by atoms with Gasteiger partial charge in [0, 0.05) is 12.3 Å². The molecule has 1 radical (unpaired) electrons. The molecule has 0 saturated carbocycles. The Hall–Kier alpha value is -0.500. The van der Waals surface area contributed by atoms with Crippen LogP contribution in [0, 0.1) is 13.0 Å². The Labute approximate surface area is 59.5 Å². The Morgan fingerprint density at radius 2 is 2.44 bits per heavy atom. The monoisotopic (exact) mass is 138 g/mol. The molecule has 0 amide bonds. The molecule has 0 aliphatic rings. The molecule has 0 atom stereocenters. The number of aromatic nitrogens is 1. The Balaban J connectivity index is 2.94. The van der Waals surface area contributed by atoms with Crippen molar-refractivity contribution in [2.24, 2.45) is 0 Å². The fourth-order valence-electron chi connectivity index (χ4n) is 0.563. The normalized spacial score (nSPS) is 9.56. The van der Waals surface area contributed by atoms with Gasteiger partial charge in [-0.05, 0) is 24.8 Å². The molecule has 0 saturated heterocycles. The number of aryl methyl sites for hydroxylation is 1. The van der Waals surface area contributed by atoms with Gasteiger partial charge in [0.25, 0.3) is 0 Å². The number of pyridine rings is 1. The predicted molar refractivity (Wildman–Crippen MR) is 39.6 cm³/mol. The minimum atomic E-state index is 0.968. The summed E-state index contributed by atoms with van der Waals surface area (Å²) < 4.78 is 0. The van der Waals surface area contributed by atoms with Gasteiger partial charge in [0.15, 0.2) is 0 Å². The lowest BCUT2D eigenvalue weighted by molar-refractivity contribution is 1.11. The van der Waals surface area contributed by atoms with Crippen LogP contribution >= 0.6 is 11.8 Å². The number of rotatable bonds is 1. The van der Waals surface area contributed by atoms with E-state index in [0.717, 1.165) is 10.6 Å². The van der Waals surface area contributed by atoms with Gasteiger partial charge in [-0.3, -0.25) is 0 Å². The molecule has 1 rings (SSSR count). The highest BCUT2D eigenvalue weighted by atomic mass is 32.2. The fourth-order valence-corrected chi connectivity index (χ4v) is 0.992. The molecule has 0 N–H and O–H groups in total. The topological polar surface area (TPSA) is 12.9 Å². The Kier molecular flexibility index (Phi) is 2.11. The maximum atomic E-state index is 4.07. The van der Waals surface area contributed by atoms with Crippen molar-refractivity contribution in [2.45, 2.75) is 11.9 Å². The summed E-state index contributed by atoms with van der Waals surface area (Å²) in [6.07, 6.45) is 3.80. The lowest BCUT2D eigenvalue weighted by Gasteiger charge is -1.92. The molecule has 0 aromatic carbocycles. The van der Waals surface area contributed by atoms with Crippen LogP contribution < -0.4 is 0 Å². The molecular weight excluding hydrogens is 130 g/mol. The largest absolute Gasteiger partial charge is 0.249 e. The molecule has 47 valence electrons. The molecule has 1 aromatic rings. The van der Waals surface area contributed by atoms with Crippen molar-refractivity contribution in [2.75, 3.05) is 6.26 Å². The van der Waals surface area contributed by atoms with Crippen molar-refractivity contribution in [1.82, 2.24) is 4.98 Å². The van der Waals surface area contributed by atoms with Crippen LogP contribution in [0.1, 0.15) is 5.56 Å². The average molecular weight is 138 g/mol. The third-order valence-electron chi connectivity index (χ3n) is 1.01. The predicted octanol–water partition coefficient (Wildman–Crippen LogP) is 1.91. The minimum absolute atomic E-state index is 0.968. The van der Waals surface area contributed by atoms with Crippen LogP contribution in [0.4, 0.5) is 0 Å². The first-order chi connectivity index (χ1) is 4.33. The number of hydrogen-bond acceptors (Lipinski definition) is 2. The van der Waals surface area contributed by atoms with E-state index in [0.29, 0.717) is 0 Å². The molecule has 1 heterocycles. The van der Waals surface area contributed by atoms with Gasteiger partial charge in [0.1, 0.15) is 5.03 Å². The standard InChI is InChI=1S/C7H8NS/c1-6-3-4-8-7(5-6)9-2/h3-4H,1-2H3. The van der Waals surface area contributed by atoms with E-state index in [4.69, 9.17) is 0 Å².